The Morgan fingerprint density at radius 1 is 1.18 bits per heavy atom. The Balaban J connectivity index is 1.78. The summed E-state index contributed by atoms with van der Waals surface area (Å²) in [7, 11) is 1.63. The van der Waals surface area contributed by atoms with Crippen LogP contribution in [0.15, 0.2) is 46.3 Å². The van der Waals surface area contributed by atoms with Crippen LogP contribution in [0.3, 0.4) is 0 Å². The monoisotopic (exact) mass is 502 g/mol. The molecule has 2 aromatic carbocycles. The van der Waals surface area contributed by atoms with Crippen molar-refractivity contribution < 1.29 is 23.7 Å². The highest BCUT2D eigenvalue weighted by Crippen LogP contribution is 2.39. The maximum absolute atomic E-state index is 12.9. The molecule has 0 saturated carbocycles. The molecule has 3 aromatic rings. The number of esters is 1. The number of carbonyl (C=O) groups excluding carboxylic acids is 1. The normalized spacial score (nSPS) is 12.1. The molecule has 0 unspecified atom stereocenters. The minimum Gasteiger partial charge on any atom is -0.497 e. The first-order valence-corrected chi connectivity index (χ1v) is 12.4. The van der Waals surface area contributed by atoms with Gasteiger partial charge in [0.2, 0.25) is 6.79 Å². The summed E-state index contributed by atoms with van der Waals surface area (Å²) in [4.78, 5) is 18.6. The van der Waals surface area contributed by atoms with Crippen LogP contribution >= 0.6 is 23.4 Å². The number of ether oxygens (including phenoxy) is 4. The third-order valence-corrected chi connectivity index (χ3v) is 6.83. The van der Waals surface area contributed by atoms with Crippen molar-refractivity contribution in [3.63, 3.8) is 0 Å². The van der Waals surface area contributed by atoms with Crippen molar-refractivity contribution in [3.05, 3.63) is 58.5 Å². The van der Waals surface area contributed by atoms with E-state index in [9.17, 15) is 4.79 Å². The third kappa shape index (κ3) is 5.28. The van der Waals surface area contributed by atoms with Gasteiger partial charge < -0.3 is 23.5 Å². The Hall–Kier alpha value is -2.84. The smallest absolute Gasteiger partial charge is 0.359 e. The second-order valence-electron chi connectivity index (χ2n) is 7.67. The van der Waals surface area contributed by atoms with E-state index in [-0.39, 0.29) is 13.4 Å². The van der Waals surface area contributed by atoms with E-state index < -0.39 is 5.97 Å². The molecule has 34 heavy (non-hydrogen) atoms. The number of aromatic nitrogens is 2. The average Bonchev–Trinajstić information content (AvgIpc) is 3.43. The van der Waals surface area contributed by atoms with Crippen molar-refractivity contribution in [3.8, 4) is 17.2 Å². The number of fused-ring (bicyclic) bond motifs is 1. The number of aryl methyl sites for hydroxylation is 1. The summed E-state index contributed by atoms with van der Waals surface area (Å²) in [6.07, 6.45) is 2.68. The fourth-order valence-corrected chi connectivity index (χ4v) is 4.83. The first kappa shape index (κ1) is 24.3. The number of halogens is 1. The van der Waals surface area contributed by atoms with Gasteiger partial charge in [0.1, 0.15) is 16.6 Å². The summed E-state index contributed by atoms with van der Waals surface area (Å²) in [6.45, 7) is 4.79. The van der Waals surface area contributed by atoms with E-state index in [0.717, 1.165) is 41.3 Å². The van der Waals surface area contributed by atoms with Crippen molar-refractivity contribution in [1.82, 2.24) is 9.55 Å². The number of carbonyl (C=O) groups is 1. The van der Waals surface area contributed by atoms with Gasteiger partial charge in [0, 0.05) is 22.4 Å². The maximum atomic E-state index is 12.9. The topological polar surface area (TPSA) is 71.8 Å². The highest BCUT2D eigenvalue weighted by Gasteiger charge is 2.26. The largest absolute Gasteiger partial charge is 0.497 e. The van der Waals surface area contributed by atoms with Gasteiger partial charge in [0.15, 0.2) is 17.2 Å². The molecule has 0 saturated heterocycles. The van der Waals surface area contributed by atoms with E-state index in [0.29, 0.717) is 33.8 Å². The lowest BCUT2D eigenvalue weighted by molar-refractivity contribution is 0.0515. The standard InChI is InChI=1S/C25H27ClN2O5S/c1-4-6-7-22-27-23(25(29)31-5-2)24(34-18-10-8-17(30-3)9-11-18)28(22)14-16-12-20-21(13-19(16)26)33-15-32-20/h8-13H,4-7,14-15H2,1-3H3. The molecule has 4 rings (SSSR count). The Kier molecular flexibility index (Phi) is 7.90. The van der Waals surface area contributed by atoms with E-state index in [1.165, 1.54) is 11.8 Å². The molecule has 0 aliphatic carbocycles. The van der Waals surface area contributed by atoms with Gasteiger partial charge >= 0.3 is 5.97 Å². The molecule has 0 bridgehead atoms. The molecule has 1 aromatic heterocycles. The molecular weight excluding hydrogens is 476 g/mol. The Bertz CT molecular complexity index is 1160. The maximum Gasteiger partial charge on any atom is 0.359 e. The number of rotatable bonds is 10. The lowest BCUT2D eigenvalue weighted by Crippen LogP contribution is -2.09. The van der Waals surface area contributed by atoms with E-state index in [1.54, 1.807) is 20.1 Å². The molecule has 180 valence electrons. The van der Waals surface area contributed by atoms with Crippen molar-refractivity contribution in [2.75, 3.05) is 20.5 Å². The molecule has 9 heteroatoms. The Morgan fingerprint density at radius 2 is 1.91 bits per heavy atom. The van der Waals surface area contributed by atoms with Crippen molar-refractivity contribution >= 4 is 29.3 Å². The zero-order chi connectivity index (χ0) is 24.1. The molecular formula is C25H27ClN2O5S. The summed E-state index contributed by atoms with van der Waals surface area (Å²) in [6, 6.07) is 11.3. The van der Waals surface area contributed by atoms with Crippen LogP contribution in [0.25, 0.3) is 0 Å². The SMILES string of the molecule is CCCCc1nc(C(=O)OCC)c(Sc2ccc(OC)cc2)n1Cc1cc2c(cc1Cl)OCO2. The number of hydrogen-bond acceptors (Lipinski definition) is 7. The van der Waals surface area contributed by atoms with Crippen molar-refractivity contribution in [2.45, 2.75) is 49.6 Å². The van der Waals surface area contributed by atoms with Gasteiger partial charge in [-0.05, 0) is 49.2 Å². The van der Waals surface area contributed by atoms with Gasteiger partial charge in [0.05, 0.1) is 20.3 Å². The molecule has 2 heterocycles. The minimum absolute atomic E-state index is 0.174. The van der Waals surface area contributed by atoms with Crippen LogP contribution in [0.5, 0.6) is 17.2 Å². The average molecular weight is 503 g/mol. The van der Waals surface area contributed by atoms with Crippen LogP contribution < -0.4 is 14.2 Å². The van der Waals surface area contributed by atoms with Crippen molar-refractivity contribution in [1.29, 1.82) is 0 Å². The molecule has 1 aliphatic rings. The van der Waals surface area contributed by atoms with E-state index >= 15 is 0 Å². The molecule has 0 amide bonds. The lowest BCUT2D eigenvalue weighted by atomic mass is 10.2. The molecule has 0 fully saturated rings. The fourth-order valence-electron chi connectivity index (χ4n) is 3.61. The van der Waals surface area contributed by atoms with Crippen LogP contribution in [0.1, 0.15) is 48.6 Å². The summed E-state index contributed by atoms with van der Waals surface area (Å²) in [5, 5.41) is 1.28. The predicted octanol–water partition coefficient (Wildman–Crippen LogP) is 5.99. The predicted molar refractivity (Wildman–Crippen MR) is 131 cm³/mol. The van der Waals surface area contributed by atoms with Crippen LogP contribution in [-0.4, -0.2) is 36.0 Å². The van der Waals surface area contributed by atoms with Gasteiger partial charge in [0.25, 0.3) is 0 Å². The molecule has 0 N–H and O–H groups in total. The minimum atomic E-state index is -0.438. The fraction of sp³-hybridized carbons (Fsp3) is 0.360. The first-order chi connectivity index (χ1) is 16.5. The van der Waals surface area contributed by atoms with Gasteiger partial charge in [-0.3, -0.25) is 0 Å². The molecule has 0 radical (unpaired) electrons. The highest BCUT2D eigenvalue weighted by molar-refractivity contribution is 7.99. The molecule has 0 atom stereocenters. The van der Waals surface area contributed by atoms with E-state index in [2.05, 4.69) is 11.5 Å². The van der Waals surface area contributed by atoms with Crippen LogP contribution in [-0.2, 0) is 17.7 Å². The van der Waals surface area contributed by atoms with Crippen LogP contribution in [0.4, 0.5) is 0 Å². The van der Waals surface area contributed by atoms with Gasteiger partial charge in [-0.1, -0.05) is 36.7 Å². The number of unbranched alkanes of at least 4 members (excludes halogenated alkanes) is 1. The molecule has 0 spiro atoms. The summed E-state index contributed by atoms with van der Waals surface area (Å²) >= 11 is 8.06. The zero-order valence-electron chi connectivity index (χ0n) is 19.4. The van der Waals surface area contributed by atoms with Crippen molar-refractivity contribution in [2.24, 2.45) is 0 Å². The van der Waals surface area contributed by atoms with Gasteiger partial charge in [-0.25, -0.2) is 9.78 Å². The second kappa shape index (κ2) is 11.1. The summed E-state index contributed by atoms with van der Waals surface area (Å²) < 4.78 is 23.7. The first-order valence-electron chi connectivity index (χ1n) is 11.2. The van der Waals surface area contributed by atoms with E-state index in [4.69, 9.17) is 35.5 Å². The van der Waals surface area contributed by atoms with Gasteiger partial charge in [-0.15, -0.1) is 0 Å². The number of hydrogen-bond donors (Lipinski definition) is 0. The zero-order valence-corrected chi connectivity index (χ0v) is 21.0. The van der Waals surface area contributed by atoms with E-state index in [1.807, 2.05) is 30.3 Å². The number of nitrogens with zero attached hydrogens (tertiary/aromatic N) is 2. The Morgan fingerprint density at radius 3 is 2.59 bits per heavy atom. The summed E-state index contributed by atoms with van der Waals surface area (Å²) in [5.74, 6) is 2.43. The quantitative estimate of drug-likeness (QED) is 0.315. The number of imidazole rings is 1. The number of methoxy groups -OCH3 is 1. The van der Waals surface area contributed by atoms with Crippen LogP contribution in [0.2, 0.25) is 5.02 Å². The molecule has 1 aliphatic heterocycles. The van der Waals surface area contributed by atoms with Gasteiger partial charge in [-0.2, -0.15) is 0 Å². The third-order valence-electron chi connectivity index (χ3n) is 5.37. The molecule has 7 nitrogen and oxygen atoms in total. The second-order valence-corrected chi connectivity index (χ2v) is 9.14. The Labute approximate surface area is 208 Å². The summed E-state index contributed by atoms with van der Waals surface area (Å²) in [5.41, 5.74) is 1.17. The number of benzene rings is 2. The van der Waals surface area contributed by atoms with Crippen LogP contribution in [0, 0.1) is 0 Å². The lowest BCUT2D eigenvalue weighted by Gasteiger charge is -2.14. The highest BCUT2D eigenvalue weighted by atomic mass is 35.5.